The Morgan fingerprint density at radius 1 is 1.18 bits per heavy atom. The van der Waals surface area contributed by atoms with Crippen LogP contribution in [0.25, 0.3) is 0 Å². The summed E-state index contributed by atoms with van der Waals surface area (Å²) in [5.74, 6) is 0.732. The Labute approximate surface area is 110 Å². The van der Waals surface area contributed by atoms with Crippen molar-refractivity contribution in [1.82, 2.24) is 0 Å². The minimum Gasteiger partial charge on any atom is -0.487 e. The van der Waals surface area contributed by atoms with Gasteiger partial charge < -0.3 is 10.5 Å². The summed E-state index contributed by atoms with van der Waals surface area (Å²) in [6, 6.07) is 13.8. The standard InChI is InChI=1S/C14H14BrNO/c1-10-5-6-14(13(16)7-10)17-9-11-3-2-4-12(15)8-11/h2-8H,9,16H2,1H3. The monoisotopic (exact) mass is 291 g/mol. The van der Waals surface area contributed by atoms with Gasteiger partial charge in [0.1, 0.15) is 12.4 Å². The predicted molar refractivity (Wildman–Crippen MR) is 74.1 cm³/mol. The van der Waals surface area contributed by atoms with Crippen LogP contribution in [0, 0.1) is 6.92 Å². The van der Waals surface area contributed by atoms with Gasteiger partial charge in [0.25, 0.3) is 0 Å². The van der Waals surface area contributed by atoms with Gasteiger partial charge in [0.15, 0.2) is 0 Å². The largest absolute Gasteiger partial charge is 0.487 e. The zero-order valence-corrected chi connectivity index (χ0v) is 11.2. The Hall–Kier alpha value is -1.48. The molecule has 0 saturated heterocycles. The molecule has 17 heavy (non-hydrogen) atoms. The first-order valence-corrected chi connectivity index (χ1v) is 6.18. The van der Waals surface area contributed by atoms with Crippen molar-refractivity contribution in [3.63, 3.8) is 0 Å². The maximum Gasteiger partial charge on any atom is 0.142 e. The second-order valence-electron chi connectivity index (χ2n) is 3.96. The van der Waals surface area contributed by atoms with Crippen LogP contribution in [0.3, 0.4) is 0 Å². The van der Waals surface area contributed by atoms with Crippen LogP contribution in [0.4, 0.5) is 5.69 Å². The molecule has 0 bridgehead atoms. The van der Waals surface area contributed by atoms with E-state index in [2.05, 4.69) is 15.9 Å². The Bertz CT molecular complexity index is 525. The molecule has 2 nitrogen and oxygen atoms in total. The van der Waals surface area contributed by atoms with E-state index in [0.29, 0.717) is 12.3 Å². The summed E-state index contributed by atoms with van der Waals surface area (Å²) in [4.78, 5) is 0. The highest BCUT2D eigenvalue weighted by atomic mass is 79.9. The molecule has 3 heteroatoms. The topological polar surface area (TPSA) is 35.2 Å². The molecule has 0 atom stereocenters. The van der Waals surface area contributed by atoms with Crippen LogP contribution in [0.2, 0.25) is 0 Å². The molecule has 0 aliphatic heterocycles. The highest BCUT2D eigenvalue weighted by Crippen LogP contribution is 2.23. The molecule has 88 valence electrons. The third-order valence-corrected chi connectivity index (χ3v) is 2.94. The van der Waals surface area contributed by atoms with E-state index in [9.17, 15) is 0 Å². The van der Waals surface area contributed by atoms with E-state index >= 15 is 0 Å². The van der Waals surface area contributed by atoms with Crippen LogP contribution in [0.1, 0.15) is 11.1 Å². The highest BCUT2D eigenvalue weighted by molar-refractivity contribution is 9.10. The molecule has 0 fully saturated rings. The molecule has 0 radical (unpaired) electrons. The number of aryl methyl sites for hydroxylation is 1. The number of anilines is 1. The van der Waals surface area contributed by atoms with Crippen molar-refractivity contribution in [2.75, 3.05) is 5.73 Å². The van der Waals surface area contributed by atoms with Crippen molar-refractivity contribution in [1.29, 1.82) is 0 Å². The fourth-order valence-electron chi connectivity index (χ4n) is 1.59. The normalized spacial score (nSPS) is 10.2. The average molecular weight is 292 g/mol. The van der Waals surface area contributed by atoms with Crippen LogP contribution in [-0.2, 0) is 6.61 Å². The second kappa shape index (κ2) is 5.23. The van der Waals surface area contributed by atoms with Gasteiger partial charge in [0.2, 0.25) is 0 Å². The van der Waals surface area contributed by atoms with Crippen molar-refractivity contribution < 1.29 is 4.74 Å². The van der Waals surface area contributed by atoms with E-state index in [1.54, 1.807) is 0 Å². The van der Waals surface area contributed by atoms with Crippen LogP contribution >= 0.6 is 15.9 Å². The maximum absolute atomic E-state index is 5.88. The van der Waals surface area contributed by atoms with E-state index in [0.717, 1.165) is 21.3 Å². The number of halogens is 1. The number of nitrogens with two attached hydrogens (primary N) is 1. The Kier molecular flexibility index (Phi) is 3.69. The zero-order valence-electron chi connectivity index (χ0n) is 9.61. The average Bonchev–Trinajstić information content (AvgIpc) is 2.28. The van der Waals surface area contributed by atoms with E-state index in [4.69, 9.17) is 10.5 Å². The highest BCUT2D eigenvalue weighted by Gasteiger charge is 2.01. The molecule has 2 aromatic rings. The van der Waals surface area contributed by atoms with Crippen molar-refractivity contribution in [2.24, 2.45) is 0 Å². The van der Waals surface area contributed by atoms with E-state index in [-0.39, 0.29) is 0 Å². The Morgan fingerprint density at radius 2 is 2.00 bits per heavy atom. The van der Waals surface area contributed by atoms with Crippen molar-refractivity contribution in [3.05, 3.63) is 58.1 Å². The minimum atomic E-state index is 0.521. The van der Waals surface area contributed by atoms with E-state index in [1.807, 2.05) is 49.4 Å². The number of nitrogen functional groups attached to an aromatic ring is 1. The molecule has 0 aliphatic rings. The predicted octanol–water partition coefficient (Wildman–Crippen LogP) is 3.92. The smallest absolute Gasteiger partial charge is 0.142 e. The summed E-state index contributed by atoms with van der Waals surface area (Å²) in [6.07, 6.45) is 0. The summed E-state index contributed by atoms with van der Waals surface area (Å²) in [5.41, 5.74) is 8.81. The number of hydrogen-bond acceptors (Lipinski definition) is 2. The maximum atomic E-state index is 5.88. The molecular weight excluding hydrogens is 278 g/mol. The lowest BCUT2D eigenvalue weighted by molar-refractivity contribution is 0.308. The third kappa shape index (κ3) is 3.24. The summed E-state index contributed by atoms with van der Waals surface area (Å²) in [6.45, 7) is 2.53. The number of benzene rings is 2. The quantitative estimate of drug-likeness (QED) is 0.870. The van der Waals surface area contributed by atoms with Gasteiger partial charge in [0, 0.05) is 4.47 Å². The molecule has 2 rings (SSSR count). The molecule has 0 aliphatic carbocycles. The molecule has 0 aromatic heterocycles. The fourth-order valence-corrected chi connectivity index (χ4v) is 2.03. The molecular formula is C14H14BrNO. The van der Waals surface area contributed by atoms with Crippen molar-refractivity contribution >= 4 is 21.6 Å². The number of ether oxygens (including phenoxy) is 1. The first-order chi connectivity index (χ1) is 8.15. The van der Waals surface area contributed by atoms with Crippen molar-refractivity contribution in [2.45, 2.75) is 13.5 Å². The molecule has 0 saturated carbocycles. The molecule has 0 spiro atoms. The lowest BCUT2D eigenvalue weighted by Crippen LogP contribution is -1.98. The minimum absolute atomic E-state index is 0.521. The summed E-state index contributed by atoms with van der Waals surface area (Å²) >= 11 is 3.43. The van der Waals surface area contributed by atoms with Crippen LogP contribution in [0.15, 0.2) is 46.9 Å². The molecule has 0 amide bonds. The van der Waals surface area contributed by atoms with Gasteiger partial charge in [-0.05, 0) is 42.3 Å². The summed E-state index contributed by atoms with van der Waals surface area (Å²) < 4.78 is 6.74. The van der Waals surface area contributed by atoms with Crippen LogP contribution in [-0.4, -0.2) is 0 Å². The van der Waals surface area contributed by atoms with Gasteiger partial charge in [-0.1, -0.05) is 34.1 Å². The number of hydrogen-bond donors (Lipinski definition) is 1. The molecule has 2 aromatic carbocycles. The number of rotatable bonds is 3. The van der Waals surface area contributed by atoms with Gasteiger partial charge >= 0.3 is 0 Å². The third-order valence-electron chi connectivity index (χ3n) is 2.45. The van der Waals surface area contributed by atoms with E-state index < -0.39 is 0 Å². The molecule has 0 unspecified atom stereocenters. The Morgan fingerprint density at radius 3 is 2.71 bits per heavy atom. The van der Waals surface area contributed by atoms with Gasteiger partial charge in [-0.3, -0.25) is 0 Å². The van der Waals surface area contributed by atoms with Crippen LogP contribution < -0.4 is 10.5 Å². The first kappa shape index (κ1) is 12.0. The SMILES string of the molecule is Cc1ccc(OCc2cccc(Br)c2)c(N)c1. The Balaban J connectivity index is 2.07. The lowest BCUT2D eigenvalue weighted by Gasteiger charge is -2.09. The van der Waals surface area contributed by atoms with Gasteiger partial charge in [-0.2, -0.15) is 0 Å². The summed E-state index contributed by atoms with van der Waals surface area (Å²) in [5, 5.41) is 0. The van der Waals surface area contributed by atoms with Gasteiger partial charge in [0.05, 0.1) is 5.69 Å². The first-order valence-electron chi connectivity index (χ1n) is 5.38. The van der Waals surface area contributed by atoms with E-state index in [1.165, 1.54) is 0 Å². The van der Waals surface area contributed by atoms with Crippen molar-refractivity contribution in [3.8, 4) is 5.75 Å². The fraction of sp³-hybridized carbons (Fsp3) is 0.143. The van der Waals surface area contributed by atoms with Gasteiger partial charge in [-0.25, -0.2) is 0 Å². The molecule has 2 N–H and O–H groups in total. The second-order valence-corrected chi connectivity index (χ2v) is 4.88. The molecule has 0 heterocycles. The zero-order chi connectivity index (χ0) is 12.3. The van der Waals surface area contributed by atoms with Crippen LogP contribution in [0.5, 0.6) is 5.75 Å². The van der Waals surface area contributed by atoms with Gasteiger partial charge in [-0.15, -0.1) is 0 Å². The lowest BCUT2D eigenvalue weighted by atomic mass is 10.2. The summed E-state index contributed by atoms with van der Waals surface area (Å²) in [7, 11) is 0.